The van der Waals surface area contributed by atoms with E-state index in [0.29, 0.717) is 6.54 Å². The van der Waals surface area contributed by atoms with Crippen LogP contribution in [0.4, 0.5) is 5.82 Å². The van der Waals surface area contributed by atoms with Gasteiger partial charge in [0.1, 0.15) is 11.6 Å². The molecule has 0 atom stereocenters. The molecule has 1 aliphatic rings. The van der Waals surface area contributed by atoms with E-state index in [2.05, 4.69) is 29.1 Å². The summed E-state index contributed by atoms with van der Waals surface area (Å²) in [5, 5.41) is 12.3. The van der Waals surface area contributed by atoms with Gasteiger partial charge in [-0.15, -0.1) is 0 Å². The number of hydrogen-bond donors (Lipinski definition) is 2. The van der Waals surface area contributed by atoms with Crippen LogP contribution in [0.2, 0.25) is 0 Å². The molecule has 1 aromatic rings. The zero-order chi connectivity index (χ0) is 14.8. The lowest BCUT2D eigenvalue weighted by Gasteiger charge is -2.41. The molecule has 0 radical (unpaired) electrons. The van der Waals surface area contributed by atoms with Crippen LogP contribution in [0.1, 0.15) is 57.0 Å². The Balaban J connectivity index is 2.04. The molecule has 0 aliphatic heterocycles. The molecule has 1 heterocycles. The van der Waals surface area contributed by atoms with Crippen molar-refractivity contribution in [3.63, 3.8) is 0 Å². The van der Waals surface area contributed by atoms with Gasteiger partial charge in [-0.2, -0.15) is 0 Å². The van der Waals surface area contributed by atoms with Crippen molar-refractivity contribution in [2.24, 2.45) is 5.41 Å². The highest BCUT2D eigenvalue weighted by atomic mass is 16.4. The lowest BCUT2D eigenvalue weighted by molar-refractivity contribution is -0.141. The maximum Gasteiger partial charge on any atom is 0.303 e. The topological polar surface area (TPSA) is 75.1 Å². The van der Waals surface area contributed by atoms with E-state index in [1.54, 1.807) is 0 Å². The van der Waals surface area contributed by atoms with Crippen molar-refractivity contribution in [2.75, 3.05) is 11.9 Å². The first-order chi connectivity index (χ1) is 9.40. The molecule has 20 heavy (non-hydrogen) atoms. The number of carbonyl (C=O) groups is 1. The maximum atomic E-state index is 11.0. The largest absolute Gasteiger partial charge is 0.481 e. The standard InChI is InChI=1S/C15H23N3O2/c1-10(2)14-17-11(3)7-12(18-14)16-9-15(5-4-6-15)8-13(19)20/h7,10H,4-6,8-9H2,1-3H3,(H,19,20)(H,16,17,18). The van der Waals surface area contributed by atoms with Crippen molar-refractivity contribution in [2.45, 2.75) is 52.4 Å². The highest BCUT2D eigenvalue weighted by molar-refractivity contribution is 5.68. The van der Waals surface area contributed by atoms with E-state index in [-0.39, 0.29) is 17.8 Å². The average molecular weight is 277 g/mol. The van der Waals surface area contributed by atoms with Crippen molar-refractivity contribution in [3.8, 4) is 0 Å². The van der Waals surface area contributed by atoms with E-state index in [4.69, 9.17) is 5.11 Å². The number of hydrogen-bond acceptors (Lipinski definition) is 4. The minimum atomic E-state index is -0.715. The Bertz CT molecular complexity index is 496. The molecule has 1 aliphatic carbocycles. The van der Waals surface area contributed by atoms with Gasteiger partial charge in [0.25, 0.3) is 0 Å². The molecule has 2 N–H and O–H groups in total. The Kier molecular flexibility index (Phi) is 4.26. The molecule has 0 unspecified atom stereocenters. The summed E-state index contributed by atoms with van der Waals surface area (Å²) >= 11 is 0. The van der Waals surface area contributed by atoms with E-state index < -0.39 is 5.97 Å². The molecule has 0 saturated heterocycles. The highest BCUT2D eigenvalue weighted by Gasteiger charge is 2.38. The molecule has 110 valence electrons. The molecule has 1 fully saturated rings. The van der Waals surface area contributed by atoms with Crippen LogP contribution in [0.25, 0.3) is 0 Å². The number of rotatable bonds is 6. The second-order valence-electron chi connectivity index (χ2n) is 6.19. The SMILES string of the molecule is Cc1cc(NCC2(CC(=O)O)CCC2)nc(C(C)C)n1. The Morgan fingerprint density at radius 2 is 2.15 bits per heavy atom. The molecule has 0 aromatic carbocycles. The fourth-order valence-corrected chi connectivity index (χ4v) is 2.63. The average Bonchev–Trinajstić information content (AvgIpc) is 2.31. The third-order valence-corrected chi connectivity index (χ3v) is 3.97. The van der Waals surface area contributed by atoms with Crippen LogP contribution in [0.5, 0.6) is 0 Å². The van der Waals surface area contributed by atoms with Gasteiger partial charge in [-0.25, -0.2) is 9.97 Å². The van der Waals surface area contributed by atoms with Crippen LogP contribution in [0.3, 0.4) is 0 Å². The smallest absolute Gasteiger partial charge is 0.303 e. The van der Waals surface area contributed by atoms with Crippen LogP contribution in [0, 0.1) is 12.3 Å². The van der Waals surface area contributed by atoms with E-state index in [1.165, 1.54) is 0 Å². The Hall–Kier alpha value is -1.65. The fourth-order valence-electron chi connectivity index (χ4n) is 2.63. The second-order valence-corrected chi connectivity index (χ2v) is 6.19. The first-order valence-corrected chi connectivity index (χ1v) is 7.21. The molecule has 0 bridgehead atoms. The third-order valence-electron chi connectivity index (χ3n) is 3.97. The van der Waals surface area contributed by atoms with E-state index in [1.807, 2.05) is 13.0 Å². The normalized spacial score (nSPS) is 16.8. The summed E-state index contributed by atoms with van der Waals surface area (Å²) in [6.45, 7) is 6.76. The Labute approximate surface area is 119 Å². The van der Waals surface area contributed by atoms with Crippen molar-refractivity contribution < 1.29 is 9.90 Å². The molecular formula is C15H23N3O2. The number of anilines is 1. The monoisotopic (exact) mass is 277 g/mol. The summed E-state index contributed by atoms with van der Waals surface area (Å²) in [6, 6.07) is 1.92. The lowest BCUT2D eigenvalue weighted by atomic mass is 9.66. The van der Waals surface area contributed by atoms with Gasteiger partial charge in [-0.05, 0) is 25.2 Å². The maximum absolute atomic E-state index is 11.0. The molecule has 5 heteroatoms. The molecule has 5 nitrogen and oxygen atoms in total. The summed E-state index contributed by atoms with van der Waals surface area (Å²) in [4.78, 5) is 19.9. The molecule has 0 amide bonds. The van der Waals surface area contributed by atoms with Crippen molar-refractivity contribution in [1.82, 2.24) is 9.97 Å². The minimum Gasteiger partial charge on any atom is -0.481 e. The third kappa shape index (κ3) is 3.46. The van der Waals surface area contributed by atoms with Gasteiger partial charge in [-0.1, -0.05) is 20.3 Å². The van der Waals surface area contributed by atoms with Crippen molar-refractivity contribution in [3.05, 3.63) is 17.6 Å². The summed E-state index contributed by atoms with van der Waals surface area (Å²) in [6.07, 6.45) is 3.32. The van der Waals surface area contributed by atoms with Gasteiger partial charge in [0, 0.05) is 24.2 Å². The molecular weight excluding hydrogens is 254 g/mol. The van der Waals surface area contributed by atoms with Gasteiger partial charge in [0.2, 0.25) is 0 Å². The summed E-state index contributed by atoms with van der Waals surface area (Å²) in [7, 11) is 0. The number of aliphatic carboxylic acids is 1. The number of carboxylic acid groups (broad SMARTS) is 1. The predicted molar refractivity (Wildman–Crippen MR) is 77.9 cm³/mol. The van der Waals surface area contributed by atoms with E-state index >= 15 is 0 Å². The lowest BCUT2D eigenvalue weighted by Crippen LogP contribution is -2.38. The highest BCUT2D eigenvalue weighted by Crippen LogP contribution is 2.43. The molecule has 1 saturated carbocycles. The number of aryl methyl sites for hydroxylation is 1. The van der Waals surface area contributed by atoms with Gasteiger partial charge < -0.3 is 10.4 Å². The van der Waals surface area contributed by atoms with Crippen LogP contribution in [-0.2, 0) is 4.79 Å². The number of nitrogens with zero attached hydrogens (tertiary/aromatic N) is 2. The summed E-state index contributed by atoms with van der Waals surface area (Å²) in [5.41, 5.74) is 0.843. The van der Waals surface area contributed by atoms with Crippen LogP contribution in [0.15, 0.2) is 6.07 Å². The van der Waals surface area contributed by atoms with Gasteiger partial charge >= 0.3 is 5.97 Å². The Morgan fingerprint density at radius 3 is 2.65 bits per heavy atom. The second kappa shape index (κ2) is 5.77. The van der Waals surface area contributed by atoms with Gasteiger partial charge in [0.15, 0.2) is 0 Å². The van der Waals surface area contributed by atoms with Gasteiger partial charge in [0.05, 0.1) is 6.42 Å². The van der Waals surface area contributed by atoms with Crippen LogP contribution < -0.4 is 5.32 Å². The number of nitrogens with one attached hydrogen (secondary N) is 1. The Morgan fingerprint density at radius 1 is 1.45 bits per heavy atom. The zero-order valence-corrected chi connectivity index (χ0v) is 12.4. The molecule has 0 spiro atoms. The van der Waals surface area contributed by atoms with E-state index in [0.717, 1.165) is 36.6 Å². The first-order valence-electron chi connectivity index (χ1n) is 7.21. The minimum absolute atomic E-state index is 0.0946. The first kappa shape index (κ1) is 14.8. The van der Waals surface area contributed by atoms with Crippen molar-refractivity contribution >= 4 is 11.8 Å². The molecule has 2 rings (SSSR count). The fraction of sp³-hybridized carbons (Fsp3) is 0.667. The molecule has 1 aromatic heterocycles. The number of aromatic nitrogens is 2. The summed E-state index contributed by atoms with van der Waals surface area (Å²) < 4.78 is 0. The quantitative estimate of drug-likeness (QED) is 0.836. The van der Waals surface area contributed by atoms with Gasteiger partial charge in [-0.3, -0.25) is 4.79 Å². The van der Waals surface area contributed by atoms with Crippen LogP contribution >= 0.6 is 0 Å². The van der Waals surface area contributed by atoms with Crippen LogP contribution in [-0.4, -0.2) is 27.6 Å². The number of carboxylic acids is 1. The summed E-state index contributed by atoms with van der Waals surface area (Å²) in [5.74, 6) is 1.20. The zero-order valence-electron chi connectivity index (χ0n) is 12.4. The van der Waals surface area contributed by atoms with Crippen molar-refractivity contribution in [1.29, 1.82) is 0 Å². The predicted octanol–water partition coefficient (Wildman–Crippen LogP) is 2.97. The van der Waals surface area contributed by atoms with E-state index in [9.17, 15) is 4.79 Å².